The van der Waals surface area contributed by atoms with Crippen LogP contribution in [0.2, 0.25) is 5.02 Å². The molecule has 1 rings (SSSR count). The fourth-order valence-corrected chi connectivity index (χ4v) is 1.58. The van der Waals surface area contributed by atoms with Crippen molar-refractivity contribution in [2.45, 2.75) is 26.8 Å². The average molecular weight is 299 g/mol. The van der Waals surface area contributed by atoms with Gasteiger partial charge in [-0.05, 0) is 25.0 Å². The Morgan fingerprint density at radius 2 is 2.00 bits per heavy atom. The van der Waals surface area contributed by atoms with E-state index in [0.29, 0.717) is 11.6 Å². The normalized spacial score (nSPS) is 12.1. The highest BCUT2D eigenvalue weighted by Crippen LogP contribution is 2.23. The Bertz CT molecular complexity index is 503. The van der Waals surface area contributed by atoms with Gasteiger partial charge in [-0.1, -0.05) is 31.5 Å². The van der Waals surface area contributed by atoms with Gasteiger partial charge in [0.15, 0.2) is 6.61 Å². The monoisotopic (exact) mass is 298 g/mol. The number of anilines is 1. The second-order valence-corrected chi connectivity index (χ2v) is 5.26. The van der Waals surface area contributed by atoms with Crippen molar-refractivity contribution in [2.24, 2.45) is 5.92 Å². The quantitative estimate of drug-likeness (QED) is 0.645. The van der Waals surface area contributed by atoms with E-state index in [2.05, 4.69) is 5.32 Å². The summed E-state index contributed by atoms with van der Waals surface area (Å²) in [5.74, 6) is -0.716. The summed E-state index contributed by atoms with van der Waals surface area (Å²) >= 11 is 5.90. The number of rotatable bonds is 5. The van der Waals surface area contributed by atoms with Crippen molar-refractivity contribution in [3.63, 3.8) is 0 Å². The molecule has 0 saturated carbocycles. The molecule has 1 unspecified atom stereocenters. The van der Waals surface area contributed by atoms with Crippen LogP contribution in [0.4, 0.5) is 5.69 Å². The molecule has 110 valence electrons. The van der Waals surface area contributed by atoms with Gasteiger partial charge in [-0.25, -0.2) is 4.79 Å². The van der Waals surface area contributed by atoms with Crippen LogP contribution < -0.4 is 11.1 Å². The van der Waals surface area contributed by atoms with E-state index in [1.54, 1.807) is 12.1 Å². The van der Waals surface area contributed by atoms with Gasteiger partial charge in [-0.15, -0.1) is 0 Å². The summed E-state index contributed by atoms with van der Waals surface area (Å²) in [4.78, 5) is 23.4. The summed E-state index contributed by atoms with van der Waals surface area (Å²) in [5, 5.41) is 2.87. The van der Waals surface area contributed by atoms with Crippen LogP contribution in [0.3, 0.4) is 0 Å². The molecule has 0 aromatic heterocycles. The molecule has 0 heterocycles. The van der Waals surface area contributed by atoms with Crippen LogP contribution in [0.5, 0.6) is 0 Å². The van der Waals surface area contributed by atoms with Crippen molar-refractivity contribution >= 4 is 29.2 Å². The Balaban J connectivity index is 2.55. The summed E-state index contributed by atoms with van der Waals surface area (Å²) in [6.07, 6.45) is 0. The number of nitrogen functional groups attached to an aromatic ring is 1. The van der Waals surface area contributed by atoms with E-state index < -0.39 is 5.97 Å². The lowest BCUT2D eigenvalue weighted by Gasteiger charge is -2.17. The van der Waals surface area contributed by atoms with E-state index in [9.17, 15) is 9.59 Å². The zero-order chi connectivity index (χ0) is 15.3. The lowest BCUT2D eigenvalue weighted by Crippen LogP contribution is -2.38. The first-order valence-electron chi connectivity index (χ1n) is 6.33. The SMILES string of the molecule is CC(C)C(C)NC(=O)COC(=O)c1cccc(N)c1Cl. The van der Waals surface area contributed by atoms with Crippen LogP contribution >= 0.6 is 11.6 Å². The maximum absolute atomic E-state index is 11.8. The minimum Gasteiger partial charge on any atom is -0.452 e. The molecule has 0 bridgehead atoms. The smallest absolute Gasteiger partial charge is 0.340 e. The Morgan fingerprint density at radius 1 is 1.35 bits per heavy atom. The van der Waals surface area contributed by atoms with Gasteiger partial charge >= 0.3 is 5.97 Å². The first-order valence-corrected chi connectivity index (χ1v) is 6.71. The van der Waals surface area contributed by atoms with Crippen LogP contribution in [0.15, 0.2) is 18.2 Å². The minimum atomic E-state index is -0.672. The highest BCUT2D eigenvalue weighted by Gasteiger charge is 2.16. The summed E-state index contributed by atoms with van der Waals surface area (Å²) in [6, 6.07) is 4.68. The Morgan fingerprint density at radius 3 is 2.60 bits per heavy atom. The molecule has 1 amide bonds. The van der Waals surface area contributed by atoms with Gasteiger partial charge in [-0.3, -0.25) is 4.79 Å². The Kier molecular flexibility index (Phi) is 5.82. The summed E-state index contributed by atoms with van der Waals surface area (Å²) < 4.78 is 4.92. The number of carbonyl (C=O) groups is 2. The molecule has 5 nitrogen and oxygen atoms in total. The molecule has 6 heteroatoms. The standard InChI is InChI=1S/C14H19ClN2O3/c1-8(2)9(3)17-12(18)7-20-14(19)10-5-4-6-11(16)13(10)15/h4-6,8-9H,7,16H2,1-3H3,(H,17,18). The Labute approximate surface area is 123 Å². The van der Waals surface area contributed by atoms with E-state index in [1.807, 2.05) is 20.8 Å². The number of carbonyl (C=O) groups excluding carboxylic acids is 2. The number of amides is 1. The lowest BCUT2D eigenvalue weighted by atomic mass is 10.1. The van der Waals surface area contributed by atoms with Gasteiger partial charge in [0.2, 0.25) is 0 Å². The number of nitrogens with one attached hydrogen (secondary N) is 1. The van der Waals surface area contributed by atoms with Crippen LogP contribution in [-0.4, -0.2) is 24.5 Å². The number of ether oxygens (including phenoxy) is 1. The third kappa shape index (κ3) is 4.42. The average Bonchev–Trinajstić information content (AvgIpc) is 2.39. The van der Waals surface area contributed by atoms with E-state index in [0.717, 1.165) is 0 Å². The molecule has 0 radical (unpaired) electrons. The second kappa shape index (κ2) is 7.14. The van der Waals surface area contributed by atoms with E-state index >= 15 is 0 Å². The zero-order valence-electron chi connectivity index (χ0n) is 11.8. The van der Waals surface area contributed by atoms with Gasteiger partial charge in [0, 0.05) is 6.04 Å². The number of hydrogen-bond donors (Lipinski definition) is 2. The highest BCUT2D eigenvalue weighted by atomic mass is 35.5. The van der Waals surface area contributed by atoms with E-state index in [-0.39, 0.29) is 29.1 Å². The van der Waals surface area contributed by atoms with E-state index in [1.165, 1.54) is 6.07 Å². The molecule has 1 atom stereocenters. The summed E-state index contributed by atoms with van der Waals surface area (Å²) in [7, 11) is 0. The summed E-state index contributed by atoms with van der Waals surface area (Å²) in [6.45, 7) is 5.52. The first-order chi connectivity index (χ1) is 9.32. The number of hydrogen-bond acceptors (Lipinski definition) is 4. The van der Waals surface area contributed by atoms with Crippen LogP contribution in [0, 0.1) is 5.92 Å². The van der Waals surface area contributed by atoms with Crippen molar-refractivity contribution in [1.82, 2.24) is 5.32 Å². The maximum Gasteiger partial charge on any atom is 0.340 e. The molecule has 20 heavy (non-hydrogen) atoms. The summed E-state index contributed by atoms with van der Waals surface area (Å²) in [5.41, 5.74) is 6.03. The fourth-order valence-electron chi connectivity index (χ4n) is 1.38. The third-order valence-corrected chi connectivity index (χ3v) is 3.39. The molecular formula is C14H19ClN2O3. The first kappa shape index (κ1) is 16.3. The second-order valence-electron chi connectivity index (χ2n) is 4.89. The van der Waals surface area contributed by atoms with Gasteiger partial charge in [0.05, 0.1) is 16.3 Å². The van der Waals surface area contributed by atoms with Crippen molar-refractivity contribution < 1.29 is 14.3 Å². The molecule has 0 aliphatic carbocycles. The molecule has 1 aromatic carbocycles. The molecule has 3 N–H and O–H groups in total. The number of esters is 1. The molecule has 0 aliphatic rings. The predicted octanol–water partition coefficient (Wildman–Crippen LogP) is 2.24. The third-order valence-electron chi connectivity index (χ3n) is 2.97. The van der Waals surface area contributed by atoms with Crippen molar-refractivity contribution in [2.75, 3.05) is 12.3 Å². The maximum atomic E-state index is 11.8. The predicted molar refractivity (Wildman–Crippen MR) is 78.6 cm³/mol. The highest BCUT2D eigenvalue weighted by molar-refractivity contribution is 6.36. The van der Waals surface area contributed by atoms with Gasteiger partial charge in [0.1, 0.15) is 0 Å². The lowest BCUT2D eigenvalue weighted by molar-refractivity contribution is -0.125. The molecule has 0 spiro atoms. The van der Waals surface area contributed by atoms with Gasteiger partial charge in [-0.2, -0.15) is 0 Å². The Hall–Kier alpha value is -1.75. The zero-order valence-corrected chi connectivity index (χ0v) is 12.5. The largest absolute Gasteiger partial charge is 0.452 e. The van der Waals surface area contributed by atoms with Crippen LogP contribution in [0.25, 0.3) is 0 Å². The number of benzene rings is 1. The van der Waals surface area contributed by atoms with Crippen LogP contribution in [0.1, 0.15) is 31.1 Å². The van der Waals surface area contributed by atoms with Gasteiger partial charge in [0.25, 0.3) is 5.91 Å². The fraction of sp³-hybridized carbons (Fsp3) is 0.429. The van der Waals surface area contributed by atoms with Crippen molar-refractivity contribution in [3.8, 4) is 0 Å². The molecular weight excluding hydrogens is 280 g/mol. The van der Waals surface area contributed by atoms with Crippen molar-refractivity contribution in [1.29, 1.82) is 0 Å². The number of nitrogens with two attached hydrogens (primary N) is 1. The topological polar surface area (TPSA) is 81.4 Å². The van der Waals surface area contributed by atoms with E-state index in [4.69, 9.17) is 22.1 Å². The van der Waals surface area contributed by atoms with Crippen molar-refractivity contribution in [3.05, 3.63) is 28.8 Å². The molecule has 1 aromatic rings. The van der Waals surface area contributed by atoms with Crippen LogP contribution in [-0.2, 0) is 9.53 Å². The molecule has 0 fully saturated rings. The molecule has 0 saturated heterocycles. The molecule has 0 aliphatic heterocycles. The van der Waals surface area contributed by atoms with Gasteiger partial charge < -0.3 is 15.8 Å². The number of halogens is 1. The minimum absolute atomic E-state index is 0.0113.